The number of rotatable bonds is 3. The van der Waals surface area contributed by atoms with E-state index in [0.717, 1.165) is 28.3 Å². The monoisotopic (exact) mass is 228 g/mol. The normalized spacial score (nSPS) is 10.2. The highest BCUT2D eigenvalue weighted by molar-refractivity contribution is 6.39. The van der Waals surface area contributed by atoms with Gasteiger partial charge in [-0.15, -0.1) is 0 Å². The van der Waals surface area contributed by atoms with Crippen molar-refractivity contribution in [2.75, 3.05) is 14.2 Å². The van der Waals surface area contributed by atoms with Crippen LogP contribution in [0.1, 0.15) is 10.4 Å². The lowest BCUT2D eigenvalue weighted by molar-refractivity contribution is 0.112. The van der Waals surface area contributed by atoms with Gasteiger partial charge in [0, 0.05) is 10.8 Å². The van der Waals surface area contributed by atoms with Crippen molar-refractivity contribution >= 4 is 30.4 Å². The fraction of sp³-hybridized carbons (Fsp3) is 0.154. The second-order valence-corrected chi connectivity index (χ2v) is 3.77. The quantitative estimate of drug-likeness (QED) is 0.579. The Morgan fingerprint density at radius 1 is 1.06 bits per heavy atom. The average Bonchev–Trinajstić information content (AvgIpc) is 2.37. The third kappa shape index (κ3) is 1.66. The Morgan fingerprint density at radius 2 is 1.59 bits per heavy atom. The van der Waals surface area contributed by atoms with Gasteiger partial charge in [-0.2, -0.15) is 0 Å². The van der Waals surface area contributed by atoms with Gasteiger partial charge in [-0.1, -0.05) is 24.3 Å². The van der Waals surface area contributed by atoms with Crippen molar-refractivity contribution in [3.8, 4) is 11.5 Å². The maximum Gasteiger partial charge on any atom is 0.153 e. The summed E-state index contributed by atoms with van der Waals surface area (Å²) in [6, 6.07) is 7.72. The molecule has 0 aliphatic rings. The highest BCUT2D eigenvalue weighted by Crippen LogP contribution is 2.33. The summed E-state index contributed by atoms with van der Waals surface area (Å²) in [6.45, 7) is 0. The van der Waals surface area contributed by atoms with Gasteiger partial charge in [0.1, 0.15) is 19.3 Å². The summed E-state index contributed by atoms with van der Waals surface area (Å²) in [6.07, 6.45) is 0.809. The van der Waals surface area contributed by atoms with Crippen molar-refractivity contribution in [2.45, 2.75) is 0 Å². The number of carbonyl (C=O) groups excluding carboxylic acids is 1. The molecule has 17 heavy (non-hydrogen) atoms. The first kappa shape index (κ1) is 11.5. The SMILES string of the molecule is Bc1c(C=O)c(OC)c2ccccc2c1OC. The molecule has 0 amide bonds. The molecule has 0 atom stereocenters. The van der Waals surface area contributed by atoms with Crippen LogP contribution in [0.2, 0.25) is 0 Å². The third-order valence-corrected chi connectivity index (χ3v) is 2.93. The highest BCUT2D eigenvalue weighted by Gasteiger charge is 2.16. The first-order valence-electron chi connectivity index (χ1n) is 5.33. The Bertz CT molecular complexity index is 578. The molecule has 4 heteroatoms. The van der Waals surface area contributed by atoms with Gasteiger partial charge in [0.25, 0.3) is 0 Å². The van der Waals surface area contributed by atoms with Crippen LogP contribution < -0.4 is 14.9 Å². The third-order valence-electron chi connectivity index (χ3n) is 2.93. The van der Waals surface area contributed by atoms with E-state index in [9.17, 15) is 4.79 Å². The minimum atomic E-state index is 0.544. The van der Waals surface area contributed by atoms with Crippen LogP contribution in [0, 0.1) is 0 Å². The fourth-order valence-corrected chi connectivity index (χ4v) is 2.14. The molecule has 0 saturated heterocycles. The molecule has 0 aromatic heterocycles. The standard InChI is InChI=1S/C13H13BO3/c1-16-12-8-5-3-4-6-9(8)13(17-2)11(14)10(12)7-15/h3-7H,14H2,1-2H3. The summed E-state index contributed by atoms with van der Waals surface area (Å²) in [5.74, 6) is 1.33. The van der Waals surface area contributed by atoms with E-state index in [1.54, 1.807) is 14.2 Å². The number of benzene rings is 2. The van der Waals surface area contributed by atoms with Crippen LogP contribution in [0.4, 0.5) is 0 Å². The van der Waals surface area contributed by atoms with Crippen molar-refractivity contribution < 1.29 is 14.3 Å². The van der Waals surface area contributed by atoms with E-state index in [0.29, 0.717) is 11.3 Å². The molecule has 2 rings (SSSR count). The molecule has 2 aromatic carbocycles. The Hall–Kier alpha value is -1.97. The number of aldehydes is 1. The molecule has 0 heterocycles. The van der Waals surface area contributed by atoms with Crippen molar-refractivity contribution in [3.05, 3.63) is 29.8 Å². The zero-order chi connectivity index (χ0) is 12.4. The van der Waals surface area contributed by atoms with Crippen molar-refractivity contribution in [3.63, 3.8) is 0 Å². The summed E-state index contributed by atoms with van der Waals surface area (Å²) in [4.78, 5) is 11.2. The average molecular weight is 228 g/mol. The second kappa shape index (κ2) is 4.49. The molecular formula is C13H13BO3. The van der Waals surface area contributed by atoms with Crippen LogP contribution in [0.3, 0.4) is 0 Å². The summed E-state index contributed by atoms with van der Waals surface area (Å²) < 4.78 is 10.7. The molecule has 0 bridgehead atoms. The molecular weight excluding hydrogens is 215 g/mol. The lowest BCUT2D eigenvalue weighted by Crippen LogP contribution is -2.15. The van der Waals surface area contributed by atoms with E-state index in [-0.39, 0.29) is 0 Å². The minimum absolute atomic E-state index is 0.544. The number of hydrogen-bond acceptors (Lipinski definition) is 3. The molecule has 0 radical (unpaired) electrons. The number of methoxy groups -OCH3 is 2. The van der Waals surface area contributed by atoms with E-state index in [1.165, 1.54) is 0 Å². The smallest absolute Gasteiger partial charge is 0.153 e. The van der Waals surface area contributed by atoms with E-state index in [4.69, 9.17) is 9.47 Å². The van der Waals surface area contributed by atoms with Gasteiger partial charge < -0.3 is 9.47 Å². The Labute approximate surface area is 101 Å². The predicted octanol–water partition coefficient (Wildman–Crippen LogP) is 0.928. The van der Waals surface area contributed by atoms with Crippen LogP contribution in [-0.2, 0) is 0 Å². The Morgan fingerprint density at radius 3 is 2.06 bits per heavy atom. The molecule has 0 aliphatic carbocycles. The van der Waals surface area contributed by atoms with Gasteiger partial charge in [0.05, 0.1) is 19.8 Å². The molecule has 0 saturated carbocycles. The molecule has 0 aliphatic heterocycles. The largest absolute Gasteiger partial charge is 0.497 e. The Balaban J connectivity index is 2.98. The summed E-state index contributed by atoms with van der Waals surface area (Å²) in [5.41, 5.74) is 1.35. The van der Waals surface area contributed by atoms with Gasteiger partial charge in [0.15, 0.2) is 6.29 Å². The van der Waals surface area contributed by atoms with E-state index in [1.807, 2.05) is 32.1 Å². The van der Waals surface area contributed by atoms with Crippen molar-refractivity contribution in [1.82, 2.24) is 0 Å². The summed E-state index contributed by atoms with van der Waals surface area (Å²) in [7, 11) is 5.04. The minimum Gasteiger partial charge on any atom is -0.497 e. The van der Waals surface area contributed by atoms with Gasteiger partial charge in [-0.3, -0.25) is 4.79 Å². The number of carbonyl (C=O) groups is 1. The number of fused-ring (bicyclic) bond motifs is 1. The van der Waals surface area contributed by atoms with Crippen molar-refractivity contribution in [1.29, 1.82) is 0 Å². The Kier molecular flexibility index (Phi) is 3.05. The summed E-state index contributed by atoms with van der Waals surface area (Å²) >= 11 is 0. The van der Waals surface area contributed by atoms with Crippen LogP contribution in [-0.4, -0.2) is 28.4 Å². The molecule has 2 aromatic rings. The molecule has 0 unspecified atom stereocenters. The topological polar surface area (TPSA) is 35.5 Å². The highest BCUT2D eigenvalue weighted by atomic mass is 16.5. The van der Waals surface area contributed by atoms with Gasteiger partial charge in [-0.05, 0) is 5.46 Å². The van der Waals surface area contributed by atoms with E-state index < -0.39 is 0 Å². The zero-order valence-electron chi connectivity index (χ0n) is 10.1. The molecule has 86 valence electrons. The predicted molar refractivity (Wildman–Crippen MR) is 70.6 cm³/mol. The maximum absolute atomic E-state index is 11.2. The van der Waals surface area contributed by atoms with Gasteiger partial charge in [0.2, 0.25) is 0 Å². The lowest BCUT2D eigenvalue weighted by atomic mass is 9.86. The molecule has 0 spiro atoms. The maximum atomic E-state index is 11.2. The van der Waals surface area contributed by atoms with Crippen LogP contribution in [0.25, 0.3) is 10.8 Å². The first-order valence-corrected chi connectivity index (χ1v) is 5.33. The van der Waals surface area contributed by atoms with Gasteiger partial charge >= 0.3 is 0 Å². The van der Waals surface area contributed by atoms with Gasteiger partial charge in [-0.25, -0.2) is 0 Å². The number of hydrogen-bond donors (Lipinski definition) is 0. The van der Waals surface area contributed by atoms with E-state index >= 15 is 0 Å². The first-order chi connectivity index (χ1) is 8.24. The molecule has 3 nitrogen and oxygen atoms in total. The number of ether oxygens (including phenoxy) is 2. The fourth-order valence-electron chi connectivity index (χ4n) is 2.14. The van der Waals surface area contributed by atoms with E-state index in [2.05, 4.69) is 0 Å². The summed E-state index contributed by atoms with van der Waals surface area (Å²) in [5, 5.41) is 1.84. The van der Waals surface area contributed by atoms with Crippen LogP contribution in [0.15, 0.2) is 24.3 Å². The lowest BCUT2D eigenvalue weighted by Gasteiger charge is -2.15. The second-order valence-electron chi connectivity index (χ2n) is 3.77. The van der Waals surface area contributed by atoms with Crippen LogP contribution in [0.5, 0.6) is 11.5 Å². The van der Waals surface area contributed by atoms with Crippen molar-refractivity contribution in [2.24, 2.45) is 0 Å². The zero-order valence-corrected chi connectivity index (χ0v) is 10.1. The molecule has 0 N–H and O–H groups in total. The van der Waals surface area contributed by atoms with Crippen LogP contribution >= 0.6 is 0 Å². The molecule has 0 fully saturated rings.